The minimum atomic E-state index is -5.08. The molecule has 17 heteroatoms. The summed E-state index contributed by atoms with van der Waals surface area (Å²) in [7, 11) is 1.24. The van der Waals surface area contributed by atoms with Crippen molar-refractivity contribution >= 4 is 41.6 Å². The summed E-state index contributed by atoms with van der Waals surface area (Å²) in [6, 6.07) is 4.56. The number of carbonyl (C=O) groups excluding carboxylic acids is 5. The van der Waals surface area contributed by atoms with Gasteiger partial charge in [0.25, 0.3) is 5.91 Å². The lowest BCUT2D eigenvalue weighted by Crippen LogP contribution is -2.50. The van der Waals surface area contributed by atoms with Gasteiger partial charge in [-0.15, -0.1) is 0 Å². The van der Waals surface area contributed by atoms with Gasteiger partial charge >= 0.3 is 30.2 Å². The average molecular weight is 535 g/mol. The molecule has 1 aromatic carbocycles. The highest BCUT2D eigenvalue weighted by Gasteiger charge is 2.42. The number of nitrogens with two attached hydrogens (primary N) is 1. The number of alkyl carbamates (subject to hydrolysis) is 1. The van der Waals surface area contributed by atoms with Crippen molar-refractivity contribution in [2.75, 3.05) is 25.2 Å². The molecule has 0 aliphatic carbocycles. The van der Waals surface area contributed by atoms with Crippen LogP contribution in [0, 0.1) is 0 Å². The van der Waals surface area contributed by atoms with Crippen molar-refractivity contribution < 1.29 is 56.5 Å². The summed E-state index contributed by atoms with van der Waals surface area (Å²) < 4.78 is 41.3. The number of esters is 1. The van der Waals surface area contributed by atoms with Crippen LogP contribution in [0.1, 0.15) is 18.9 Å². The number of carboxylic acids is 1. The summed E-state index contributed by atoms with van der Waals surface area (Å²) in [4.78, 5) is 68.4. The molecular formula is C20H24F3N5O9. The molecule has 0 spiro atoms. The van der Waals surface area contributed by atoms with Crippen molar-refractivity contribution in [1.29, 1.82) is 0 Å². The fourth-order valence-corrected chi connectivity index (χ4v) is 2.65. The second kappa shape index (κ2) is 13.6. The molecule has 2 rings (SSSR count). The number of hydrazine groups is 1. The van der Waals surface area contributed by atoms with E-state index in [1.54, 1.807) is 12.1 Å². The van der Waals surface area contributed by atoms with Gasteiger partial charge in [-0.05, 0) is 17.7 Å². The second-order valence-electron chi connectivity index (χ2n) is 7.02. The van der Waals surface area contributed by atoms with E-state index in [0.717, 1.165) is 5.01 Å². The first-order valence-electron chi connectivity index (χ1n) is 10.2. The van der Waals surface area contributed by atoms with Crippen molar-refractivity contribution in [3.8, 4) is 0 Å². The summed E-state index contributed by atoms with van der Waals surface area (Å²) in [5.41, 5.74) is 6.21. The zero-order valence-corrected chi connectivity index (χ0v) is 19.5. The van der Waals surface area contributed by atoms with Crippen LogP contribution in [0.2, 0.25) is 0 Å². The lowest BCUT2D eigenvalue weighted by Gasteiger charge is -2.28. The van der Waals surface area contributed by atoms with E-state index in [1.807, 2.05) is 0 Å². The van der Waals surface area contributed by atoms with Crippen molar-refractivity contribution in [1.82, 2.24) is 15.6 Å². The maximum Gasteiger partial charge on any atom is 0.490 e. The van der Waals surface area contributed by atoms with E-state index in [0.29, 0.717) is 10.6 Å². The monoisotopic (exact) mass is 535 g/mol. The number of hydrogen-bond donors (Lipinski definition) is 4. The quantitative estimate of drug-likeness (QED) is 0.264. The molecule has 204 valence electrons. The first kappa shape index (κ1) is 30.6. The Morgan fingerprint density at radius 1 is 1.24 bits per heavy atom. The van der Waals surface area contributed by atoms with Gasteiger partial charge in [-0.1, -0.05) is 12.1 Å². The number of carbonyl (C=O) groups is 6. The van der Waals surface area contributed by atoms with Crippen molar-refractivity contribution in [2.45, 2.75) is 32.2 Å². The minimum absolute atomic E-state index is 0.00434. The van der Waals surface area contributed by atoms with Crippen LogP contribution in [0.15, 0.2) is 24.3 Å². The molecule has 1 aliphatic rings. The highest BCUT2D eigenvalue weighted by atomic mass is 19.4. The number of rotatable bonds is 8. The zero-order valence-electron chi connectivity index (χ0n) is 19.5. The van der Waals surface area contributed by atoms with E-state index in [1.165, 1.54) is 26.2 Å². The maximum absolute atomic E-state index is 12.4. The number of aliphatic carboxylic acids is 1. The molecule has 0 saturated carbocycles. The third kappa shape index (κ3) is 9.28. The Bertz CT molecular complexity index is 1030. The van der Waals surface area contributed by atoms with Crippen molar-refractivity contribution in [2.24, 2.45) is 5.73 Å². The van der Waals surface area contributed by atoms with Gasteiger partial charge in [-0.25, -0.2) is 19.4 Å². The normalized spacial score (nSPS) is 14.6. The Kier molecular flexibility index (Phi) is 11.3. The summed E-state index contributed by atoms with van der Waals surface area (Å²) >= 11 is 0. The van der Waals surface area contributed by atoms with E-state index in [9.17, 15) is 37.1 Å². The van der Waals surface area contributed by atoms with E-state index in [2.05, 4.69) is 15.4 Å². The number of anilines is 1. The summed E-state index contributed by atoms with van der Waals surface area (Å²) in [5.74, 6) is -4.45. The van der Waals surface area contributed by atoms with Gasteiger partial charge < -0.3 is 30.9 Å². The number of alkyl halides is 3. The fourth-order valence-electron chi connectivity index (χ4n) is 2.65. The molecule has 1 saturated heterocycles. The average Bonchev–Trinajstić information content (AvgIpc) is 3.10. The number of benzene rings is 1. The zero-order chi connectivity index (χ0) is 28.3. The molecule has 0 unspecified atom stereocenters. The van der Waals surface area contributed by atoms with Crippen LogP contribution in [0.5, 0.6) is 0 Å². The Balaban J connectivity index is 0.000000856. The van der Waals surface area contributed by atoms with Crippen LogP contribution in [0.3, 0.4) is 0 Å². The molecule has 1 atom stereocenters. The summed E-state index contributed by atoms with van der Waals surface area (Å²) in [5, 5.41) is 13.5. The molecular weight excluding hydrogens is 511 g/mol. The number of urea groups is 1. The Morgan fingerprint density at radius 3 is 2.35 bits per heavy atom. The van der Waals surface area contributed by atoms with Crippen LogP contribution in [-0.4, -0.2) is 78.4 Å². The van der Waals surface area contributed by atoms with Gasteiger partial charge in [0.15, 0.2) is 0 Å². The number of halogens is 3. The molecule has 5 amide bonds. The third-order valence-electron chi connectivity index (χ3n) is 4.32. The predicted octanol–water partition coefficient (Wildman–Crippen LogP) is 0.256. The SMILES string of the molecule is COC(=O)CCNC(=O)OCc1cccc(N(C(C)=O)N2C(=O)N[C@@H](CN)C2=O)c1.O=C(O)C(F)(F)F. The smallest absolute Gasteiger partial charge is 0.475 e. The lowest BCUT2D eigenvalue weighted by molar-refractivity contribution is -0.192. The van der Waals surface area contributed by atoms with Gasteiger partial charge in [0.05, 0.1) is 19.2 Å². The topological polar surface area (TPSA) is 198 Å². The van der Waals surface area contributed by atoms with E-state index in [-0.39, 0.29) is 31.8 Å². The Morgan fingerprint density at radius 2 is 1.86 bits per heavy atom. The van der Waals surface area contributed by atoms with Gasteiger partial charge in [0.2, 0.25) is 5.91 Å². The van der Waals surface area contributed by atoms with Crippen LogP contribution in [-0.2, 0) is 35.3 Å². The summed E-state index contributed by atoms with van der Waals surface area (Å²) in [6.45, 7) is 1.01. The Labute approximate surface area is 207 Å². The fraction of sp³-hybridized carbons (Fsp3) is 0.400. The first-order chi connectivity index (χ1) is 17.2. The third-order valence-corrected chi connectivity index (χ3v) is 4.32. The second-order valence-corrected chi connectivity index (χ2v) is 7.02. The van der Waals surface area contributed by atoms with Crippen LogP contribution < -0.4 is 21.4 Å². The highest BCUT2D eigenvalue weighted by molar-refractivity contribution is 6.10. The molecule has 0 bridgehead atoms. The van der Waals surface area contributed by atoms with Crippen LogP contribution >= 0.6 is 0 Å². The molecule has 1 aliphatic heterocycles. The molecule has 0 radical (unpaired) electrons. The van der Waals surface area contributed by atoms with Crippen LogP contribution in [0.4, 0.5) is 28.4 Å². The maximum atomic E-state index is 12.4. The van der Waals surface area contributed by atoms with E-state index in [4.69, 9.17) is 20.4 Å². The van der Waals surface area contributed by atoms with E-state index < -0.39 is 48.1 Å². The number of hydrogen-bond acceptors (Lipinski definition) is 9. The van der Waals surface area contributed by atoms with Crippen LogP contribution in [0.25, 0.3) is 0 Å². The highest BCUT2D eigenvalue weighted by Crippen LogP contribution is 2.22. The number of amides is 5. The number of imide groups is 1. The molecule has 5 N–H and O–H groups in total. The predicted molar refractivity (Wildman–Crippen MR) is 116 cm³/mol. The molecule has 14 nitrogen and oxygen atoms in total. The standard InChI is InChI=1S/C18H23N5O7.C2HF3O2/c1-11(24)22(23-16(26)14(9-19)21-17(23)27)13-5-3-4-12(8-13)10-30-18(28)20-7-6-15(25)29-2;3-2(4,5)1(6)7/h3-5,8,14H,6-7,9-10,19H2,1-2H3,(H,20,28)(H,21,27);(H,6,7)/t14-;/m0./s1. The lowest BCUT2D eigenvalue weighted by atomic mass is 10.2. The number of methoxy groups -OCH3 is 1. The molecule has 37 heavy (non-hydrogen) atoms. The number of nitrogens with one attached hydrogen (secondary N) is 2. The molecule has 0 aromatic heterocycles. The van der Waals surface area contributed by atoms with Gasteiger partial charge in [-0.2, -0.15) is 18.2 Å². The Hall–Kier alpha value is -4.41. The van der Waals surface area contributed by atoms with Crippen molar-refractivity contribution in [3.63, 3.8) is 0 Å². The first-order valence-corrected chi connectivity index (χ1v) is 10.2. The number of carboxylic acid groups (broad SMARTS) is 1. The minimum Gasteiger partial charge on any atom is -0.475 e. The summed E-state index contributed by atoms with van der Waals surface area (Å²) in [6.07, 6.45) is -5.82. The number of nitrogens with zero attached hydrogens (tertiary/aromatic N) is 2. The van der Waals surface area contributed by atoms with Gasteiger partial charge in [0, 0.05) is 20.0 Å². The largest absolute Gasteiger partial charge is 0.490 e. The molecule has 1 heterocycles. The molecule has 1 aromatic rings. The van der Waals surface area contributed by atoms with Gasteiger partial charge in [0.1, 0.15) is 12.6 Å². The van der Waals surface area contributed by atoms with Gasteiger partial charge in [-0.3, -0.25) is 14.4 Å². The van der Waals surface area contributed by atoms with Crippen molar-refractivity contribution in [3.05, 3.63) is 29.8 Å². The number of ether oxygens (including phenoxy) is 2. The van der Waals surface area contributed by atoms with E-state index >= 15 is 0 Å². The molecule has 1 fully saturated rings.